The summed E-state index contributed by atoms with van der Waals surface area (Å²) in [6.45, 7) is 5.97. The van der Waals surface area contributed by atoms with Gasteiger partial charge in [0.05, 0.1) is 7.11 Å². The van der Waals surface area contributed by atoms with Crippen molar-refractivity contribution in [3.05, 3.63) is 11.6 Å². The van der Waals surface area contributed by atoms with Crippen LogP contribution in [0.4, 0.5) is 0 Å². The van der Waals surface area contributed by atoms with E-state index in [1.54, 1.807) is 0 Å². The van der Waals surface area contributed by atoms with E-state index in [-0.39, 0.29) is 23.4 Å². The highest BCUT2D eigenvalue weighted by Crippen LogP contribution is 2.29. The average Bonchev–Trinajstić information content (AvgIpc) is 2.36. The van der Waals surface area contributed by atoms with Crippen LogP contribution in [0.3, 0.4) is 0 Å². The van der Waals surface area contributed by atoms with E-state index < -0.39 is 5.97 Å². The van der Waals surface area contributed by atoms with Crippen LogP contribution in [0, 0.1) is 17.8 Å². The zero-order valence-corrected chi connectivity index (χ0v) is 12.8. The minimum atomic E-state index is -0.430. The summed E-state index contributed by atoms with van der Waals surface area (Å²) in [4.78, 5) is 35.3. The van der Waals surface area contributed by atoms with Crippen LogP contribution < -0.4 is 0 Å². The molecule has 1 rings (SSSR count). The van der Waals surface area contributed by atoms with Crippen LogP contribution in [0.5, 0.6) is 0 Å². The molecule has 0 saturated carbocycles. The van der Waals surface area contributed by atoms with Gasteiger partial charge >= 0.3 is 5.97 Å². The Morgan fingerprint density at radius 2 is 1.95 bits per heavy atom. The summed E-state index contributed by atoms with van der Waals surface area (Å²) in [5, 5.41) is 0. The maximum atomic E-state index is 12.1. The van der Waals surface area contributed by atoms with Crippen molar-refractivity contribution in [3.8, 4) is 0 Å². The van der Waals surface area contributed by atoms with E-state index in [9.17, 15) is 14.4 Å². The summed E-state index contributed by atoms with van der Waals surface area (Å²) in [6.07, 6.45) is 3.57. The highest BCUT2D eigenvalue weighted by Gasteiger charge is 2.30. The number of hydrogen-bond donors (Lipinski definition) is 0. The topological polar surface area (TPSA) is 60.4 Å². The van der Waals surface area contributed by atoms with Gasteiger partial charge in [-0.3, -0.25) is 9.59 Å². The highest BCUT2D eigenvalue weighted by molar-refractivity contribution is 6.02. The van der Waals surface area contributed by atoms with Gasteiger partial charge in [-0.15, -0.1) is 0 Å². The first kappa shape index (κ1) is 16.6. The quantitative estimate of drug-likeness (QED) is 0.702. The Morgan fingerprint density at radius 3 is 2.45 bits per heavy atom. The number of rotatable bonds is 6. The summed E-state index contributed by atoms with van der Waals surface area (Å²) in [5.41, 5.74) is 0.439. The minimum Gasteiger partial charge on any atom is -0.466 e. The van der Waals surface area contributed by atoms with Crippen LogP contribution in [0.2, 0.25) is 0 Å². The number of ketones is 2. The van der Waals surface area contributed by atoms with Gasteiger partial charge in [-0.2, -0.15) is 0 Å². The Bertz CT molecular complexity index is 420. The molecule has 0 heterocycles. The molecule has 0 unspecified atom stereocenters. The van der Waals surface area contributed by atoms with Crippen molar-refractivity contribution >= 4 is 17.5 Å². The van der Waals surface area contributed by atoms with Gasteiger partial charge in [-0.1, -0.05) is 20.8 Å². The molecule has 0 aromatic heterocycles. The number of allylic oxidation sites excluding steroid dienone is 1. The number of ether oxygens (including phenoxy) is 1. The number of carbonyl (C=O) groups is 3. The first-order valence-corrected chi connectivity index (χ1v) is 7.19. The predicted molar refractivity (Wildman–Crippen MR) is 76.1 cm³/mol. The van der Waals surface area contributed by atoms with E-state index in [1.165, 1.54) is 13.2 Å². The lowest BCUT2D eigenvalue weighted by Gasteiger charge is -2.25. The van der Waals surface area contributed by atoms with Crippen LogP contribution in [-0.4, -0.2) is 24.6 Å². The maximum Gasteiger partial charge on any atom is 0.333 e. The molecule has 0 saturated heterocycles. The van der Waals surface area contributed by atoms with Crippen LogP contribution in [0.1, 0.15) is 46.5 Å². The van der Waals surface area contributed by atoms with Crippen molar-refractivity contribution in [2.75, 3.05) is 7.11 Å². The molecular formula is C16H24O4. The van der Waals surface area contributed by atoms with Crippen molar-refractivity contribution in [2.24, 2.45) is 17.8 Å². The van der Waals surface area contributed by atoms with E-state index in [4.69, 9.17) is 0 Å². The fourth-order valence-corrected chi connectivity index (χ4v) is 2.70. The van der Waals surface area contributed by atoms with Crippen molar-refractivity contribution < 1.29 is 19.1 Å². The van der Waals surface area contributed by atoms with Gasteiger partial charge in [0.15, 0.2) is 5.78 Å². The zero-order chi connectivity index (χ0) is 15.3. The van der Waals surface area contributed by atoms with Gasteiger partial charge in [-0.05, 0) is 30.8 Å². The molecule has 0 aromatic carbocycles. The number of esters is 1. The SMILES string of the molecule is COC(=O)C1=CC(=O)[C@H]([C@H](C)CC(=O)CC(C)C)CC1. The molecule has 0 amide bonds. The lowest BCUT2D eigenvalue weighted by atomic mass is 9.78. The van der Waals surface area contributed by atoms with Crippen LogP contribution in [0.25, 0.3) is 0 Å². The molecule has 0 spiro atoms. The summed E-state index contributed by atoms with van der Waals surface area (Å²) in [7, 11) is 1.31. The van der Waals surface area contributed by atoms with Crippen molar-refractivity contribution in [1.82, 2.24) is 0 Å². The monoisotopic (exact) mass is 280 g/mol. The smallest absolute Gasteiger partial charge is 0.333 e. The normalized spacial score (nSPS) is 20.6. The van der Waals surface area contributed by atoms with E-state index in [0.717, 1.165) is 0 Å². The molecule has 1 aliphatic rings. The Kier molecular flexibility index (Phi) is 6.11. The molecule has 0 radical (unpaired) electrons. The molecule has 4 nitrogen and oxygen atoms in total. The Hall–Kier alpha value is -1.45. The van der Waals surface area contributed by atoms with Crippen LogP contribution >= 0.6 is 0 Å². The van der Waals surface area contributed by atoms with Gasteiger partial charge in [0, 0.05) is 24.3 Å². The fourth-order valence-electron chi connectivity index (χ4n) is 2.70. The van der Waals surface area contributed by atoms with Crippen molar-refractivity contribution in [1.29, 1.82) is 0 Å². The second kappa shape index (κ2) is 7.36. The third-order valence-corrected chi connectivity index (χ3v) is 3.73. The lowest BCUT2D eigenvalue weighted by molar-refractivity contribution is -0.137. The molecule has 0 aliphatic heterocycles. The first-order valence-electron chi connectivity index (χ1n) is 7.19. The van der Waals surface area contributed by atoms with Crippen molar-refractivity contribution in [2.45, 2.75) is 46.5 Å². The lowest BCUT2D eigenvalue weighted by Crippen LogP contribution is -2.27. The summed E-state index contributed by atoms with van der Waals surface area (Å²) < 4.78 is 4.63. The Morgan fingerprint density at radius 1 is 1.30 bits per heavy atom. The Balaban J connectivity index is 2.61. The van der Waals surface area contributed by atoms with E-state index >= 15 is 0 Å². The second-order valence-corrected chi connectivity index (χ2v) is 6.03. The molecule has 4 heteroatoms. The highest BCUT2D eigenvalue weighted by atomic mass is 16.5. The van der Waals surface area contributed by atoms with Crippen molar-refractivity contribution in [3.63, 3.8) is 0 Å². The fraction of sp³-hybridized carbons (Fsp3) is 0.688. The van der Waals surface area contributed by atoms with E-state index in [0.29, 0.717) is 37.2 Å². The number of hydrogen-bond acceptors (Lipinski definition) is 4. The van der Waals surface area contributed by atoms with Crippen LogP contribution in [-0.2, 0) is 19.1 Å². The number of carbonyl (C=O) groups excluding carboxylic acids is 3. The predicted octanol–water partition coefficient (Wildman–Crippen LogP) is 2.71. The summed E-state index contributed by atoms with van der Waals surface area (Å²) in [6, 6.07) is 0. The average molecular weight is 280 g/mol. The number of methoxy groups -OCH3 is 1. The minimum absolute atomic E-state index is 0.0317. The second-order valence-electron chi connectivity index (χ2n) is 6.03. The summed E-state index contributed by atoms with van der Waals surface area (Å²) >= 11 is 0. The van der Waals surface area contributed by atoms with Gasteiger partial charge in [-0.25, -0.2) is 4.79 Å². The molecule has 112 valence electrons. The van der Waals surface area contributed by atoms with Gasteiger partial charge < -0.3 is 4.74 Å². The standard InChI is InChI=1S/C16H24O4/c1-10(2)7-13(17)8-11(3)14-6-5-12(9-15(14)18)16(19)20-4/h9-11,14H,5-8H2,1-4H3/t11-,14+/m1/s1. The molecule has 20 heavy (non-hydrogen) atoms. The largest absolute Gasteiger partial charge is 0.466 e. The molecule has 1 aliphatic carbocycles. The molecule has 0 bridgehead atoms. The van der Waals surface area contributed by atoms with Gasteiger partial charge in [0.1, 0.15) is 5.78 Å². The first-order chi connectivity index (χ1) is 9.35. The van der Waals surface area contributed by atoms with Crippen LogP contribution in [0.15, 0.2) is 11.6 Å². The third-order valence-electron chi connectivity index (χ3n) is 3.73. The molecule has 0 aromatic rings. The van der Waals surface area contributed by atoms with E-state index in [1.807, 2.05) is 20.8 Å². The molecule has 0 fully saturated rings. The third kappa shape index (κ3) is 4.58. The summed E-state index contributed by atoms with van der Waals surface area (Å²) in [5.74, 6) is -0.0452. The van der Waals surface area contributed by atoms with Gasteiger partial charge in [0.25, 0.3) is 0 Å². The molecule has 0 N–H and O–H groups in total. The molecule has 2 atom stereocenters. The van der Waals surface area contributed by atoms with E-state index in [2.05, 4.69) is 4.74 Å². The Labute approximate surface area is 120 Å². The number of Topliss-reactive ketones (excluding diaryl/α,β-unsaturated/α-hetero) is 1. The van der Waals surface area contributed by atoms with Gasteiger partial charge in [0.2, 0.25) is 0 Å². The molecular weight excluding hydrogens is 256 g/mol. The maximum absolute atomic E-state index is 12.1. The zero-order valence-electron chi connectivity index (χ0n) is 12.8.